The Labute approximate surface area is 199 Å². The number of aryl methyl sites for hydroxylation is 2. The number of aromatic nitrogens is 2. The molecule has 4 aromatic rings. The Morgan fingerprint density at radius 1 is 1.11 bits per heavy atom. The van der Waals surface area contributed by atoms with E-state index in [9.17, 15) is 18.0 Å². The van der Waals surface area contributed by atoms with Crippen LogP contribution in [0.25, 0.3) is 11.0 Å². The van der Waals surface area contributed by atoms with Gasteiger partial charge in [0.1, 0.15) is 5.75 Å². The molecule has 0 fully saturated rings. The number of hydrogen-bond donors (Lipinski definition) is 2. The number of halogens is 3. The van der Waals surface area contributed by atoms with Gasteiger partial charge in [-0.1, -0.05) is 30.3 Å². The van der Waals surface area contributed by atoms with E-state index in [4.69, 9.17) is 10.1 Å². The van der Waals surface area contributed by atoms with E-state index in [0.717, 1.165) is 29.4 Å². The Kier molecular flexibility index (Phi) is 5.84. The number of nitrogens with zero attached hydrogens (tertiary/aromatic N) is 2. The molecule has 0 bridgehead atoms. The van der Waals surface area contributed by atoms with Crippen molar-refractivity contribution >= 4 is 28.6 Å². The van der Waals surface area contributed by atoms with Gasteiger partial charge in [0.25, 0.3) is 0 Å². The molecule has 35 heavy (non-hydrogen) atoms. The lowest BCUT2D eigenvalue weighted by Gasteiger charge is -2.19. The molecule has 2 N–H and O–H groups in total. The predicted octanol–water partition coefficient (Wildman–Crippen LogP) is 6.23. The first-order valence-electron chi connectivity index (χ1n) is 11.2. The van der Waals surface area contributed by atoms with Crippen molar-refractivity contribution in [1.29, 1.82) is 0 Å². The summed E-state index contributed by atoms with van der Waals surface area (Å²) in [7, 11) is 0. The summed E-state index contributed by atoms with van der Waals surface area (Å²) in [4.78, 5) is 15.8. The van der Waals surface area contributed by atoms with Gasteiger partial charge in [-0.3, -0.25) is 4.79 Å². The molecule has 0 spiro atoms. The first-order chi connectivity index (χ1) is 16.8. The number of fused-ring (bicyclic) bond motifs is 2. The van der Waals surface area contributed by atoms with Gasteiger partial charge in [-0.05, 0) is 72.4 Å². The molecule has 3 aromatic carbocycles. The van der Waals surface area contributed by atoms with Crippen molar-refractivity contribution in [3.8, 4) is 5.75 Å². The minimum Gasteiger partial charge on any atom is -0.481 e. The molecule has 1 aromatic heterocycles. The van der Waals surface area contributed by atoms with E-state index in [1.54, 1.807) is 0 Å². The van der Waals surface area contributed by atoms with Crippen molar-refractivity contribution in [1.82, 2.24) is 9.55 Å². The topological polar surface area (TPSA) is 76.4 Å². The second-order valence-electron chi connectivity index (χ2n) is 8.47. The van der Waals surface area contributed by atoms with Gasteiger partial charge < -0.3 is 19.7 Å². The maximum atomic E-state index is 12.5. The molecular weight excluding hydrogens is 459 g/mol. The third kappa shape index (κ3) is 4.94. The molecule has 6 nitrogen and oxygen atoms in total. The van der Waals surface area contributed by atoms with Crippen LogP contribution in [-0.4, -0.2) is 27.0 Å². The Morgan fingerprint density at radius 3 is 2.63 bits per heavy atom. The van der Waals surface area contributed by atoms with E-state index in [-0.39, 0.29) is 18.2 Å². The summed E-state index contributed by atoms with van der Waals surface area (Å²) in [6.07, 6.45) is -2.51. The van der Waals surface area contributed by atoms with Crippen LogP contribution in [-0.2, 0) is 17.6 Å². The van der Waals surface area contributed by atoms with Crippen molar-refractivity contribution in [3.63, 3.8) is 0 Å². The van der Waals surface area contributed by atoms with Crippen molar-refractivity contribution in [2.75, 3.05) is 5.32 Å². The molecule has 0 unspecified atom stereocenters. The fraction of sp³-hybridized carbons (Fsp3) is 0.231. The molecule has 0 saturated heterocycles. The summed E-state index contributed by atoms with van der Waals surface area (Å²) >= 11 is 0. The quantitative estimate of drug-likeness (QED) is 0.327. The molecule has 0 aliphatic heterocycles. The molecule has 0 saturated carbocycles. The van der Waals surface area contributed by atoms with Crippen LogP contribution in [0.2, 0.25) is 0 Å². The third-order valence-electron chi connectivity index (χ3n) is 6.14. The molecular formula is C26H22F3N3O3. The third-order valence-corrected chi connectivity index (χ3v) is 6.14. The highest BCUT2D eigenvalue weighted by atomic mass is 19.4. The SMILES string of the molecule is O=C(O)CCc1ccc2c(c1)nc(Nc1ccc(OC(F)(F)F)cc1)n2[C@H]1CCc2ccccc21. The molecule has 1 aliphatic carbocycles. The minimum atomic E-state index is -4.75. The van der Waals surface area contributed by atoms with Gasteiger partial charge in [-0.15, -0.1) is 13.2 Å². The zero-order chi connectivity index (χ0) is 24.6. The monoisotopic (exact) mass is 481 g/mol. The van der Waals surface area contributed by atoms with Gasteiger partial charge in [0, 0.05) is 12.1 Å². The number of carboxylic acid groups (broad SMARTS) is 1. The van der Waals surface area contributed by atoms with Gasteiger partial charge in [0.05, 0.1) is 17.1 Å². The van der Waals surface area contributed by atoms with Gasteiger partial charge in [-0.25, -0.2) is 4.98 Å². The van der Waals surface area contributed by atoms with Crippen LogP contribution in [0.4, 0.5) is 24.8 Å². The number of rotatable bonds is 7. The van der Waals surface area contributed by atoms with Crippen molar-refractivity contribution < 1.29 is 27.8 Å². The number of benzene rings is 3. The number of alkyl halides is 3. The molecule has 0 amide bonds. The molecule has 1 atom stereocenters. The van der Waals surface area contributed by atoms with Crippen LogP contribution < -0.4 is 10.1 Å². The van der Waals surface area contributed by atoms with Crippen LogP contribution in [0, 0.1) is 0 Å². The number of hydrogen-bond acceptors (Lipinski definition) is 4. The highest BCUT2D eigenvalue weighted by Crippen LogP contribution is 2.39. The maximum Gasteiger partial charge on any atom is 0.573 e. The summed E-state index contributed by atoms with van der Waals surface area (Å²) in [5.41, 5.74) is 5.53. The van der Waals surface area contributed by atoms with Gasteiger partial charge in [0.2, 0.25) is 5.95 Å². The van der Waals surface area contributed by atoms with Gasteiger partial charge >= 0.3 is 12.3 Å². The van der Waals surface area contributed by atoms with Crippen LogP contribution in [0.15, 0.2) is 66.7 Å². The lowest BCUT2D eigenvalue weighted by atomic mass is 10.1. The number of ether oxygens (including phenoxy) is 1. The van der Waals surface area contributed by atoms with Gasteiger partial charge in [-0.2, -0.15) is 0 Å². The second kappa shape index (κ2) is 8.98. The van der Waals surface area contributed by atoms with Crippen molar-refractivity contribution in [2.45, 2.75) is 38.1 Å². The standard InChI is InChI=1S/C26H22F3N3O3/c27-26(28,29)35-19-10-8-18(9-11-19)30-25-31-21-15-16(6-14-24(33)34)5-12-23(21)32(25)22-13-7-17-3-1-2-4-20(17)22/h1-5,8-12,15,22H,6-7,13-14H2,(H,30,31)(H,33,34)/t22-/m0/s1. The molecule has 1 heterocycles. The molecule has 180 valence electrons. The fourth-order valence-electron chi connectivity index (χ4n) is 4.63. The number of carboxylic acids is 1. The van der Waals surface area contributed by atoms with E-state index >= 15 is 0 Å². The van der Waals surface area contributed by atoms with Crippen molar-refractivity contribution in [2.24, 2.45) is 0 Å². The number of aliphatic carboxylic acids is 1. The fourth-order valence-corrected chi connectivity index (χ4v) is 4.63. The van der Waals surface area contributed by atoms with Gasteiger partial charge in [0.15, 0.2) is 0 Å². The van der Waals surface area contributed by atoms with Crippen molar-refractivity contribution in [3.05, 3.63) is 83.4 Å². The summed E-state index contributed by atoms with van der Waals surface area (Å²) in [5, 5.41) is 12.3. The lowest BCUT2D eigenvalue weighted by molar-refractivity contribution is -0.274. The zero-order valence-electron chi connectivity index (χ0n) is 18.5. The summed E-state index contributed by atoms with van der Waals surface area (Å²) < 4.78 is 43.6. The number of nitrogens with one attached hydrogen (secondary N) is 1. The van der Waals surface area contributed by atoms with E-state index < -0.39 is 12.3 Å². The van der Waals surface area contributed by atoms with Crippen LogP contribution in [0.1, 0.15) is 35.6 Å². The zero-order valence-corrected chi connectivity index (χ0v) is 18.5. The Hall–Kier alpha value is -4.01. The number of imidazole rings is 1. The maximum absolute atomic E-state index is 12.5. The summed E-state index contributed by atoms with van der Waals surface area (Å²) in [5.74, 6) is -0.607. The summed E-state index contributed by atoms with van der Waals surface area (Å²) in [6, 6.07) is 19.5. The second-order valence-corrected chi connectivity index (χ2v) is 8.47. The molecule has 0 radical (unpaired) electrons. The molecule has 5 rings (SSSR count). The highest BCUT2D eigenvalue weighted by molar-refractivity contribution is 5.81. The molecule has 9 heteroatoms. The summed E-state index contributed by atoms with van der Waals surface area (Å²) in [6.45, 7) is 0. The normalized spacial score (nSPS) is 15.2. The largest absolute Gasteiger partial charge is 0.573 e. The smallest absolute Gasteiger partial charge is 0.481 e. The van der Waals surface area contributed by atoms with E-state index in [1.807, 2.05) is 30.3 Å². The first-order valence-corrected chi connectivity index (χ1v) is 11.2. The lowest BCUT2D eigenvalue weighted by Crippen LogP contribution is -2.17. The van der Waals surface area contributed by atoms with E-state index in [0.29, 0.717) is 18.1 Å². The van der Waals surface area contributed by atoms with E-state index in [2.05, 4.69) is 26.8 Å². The Morgan fingerprint density at radius 2 is 1.89 bits per heavy atom. The minimum absolute atomic E-state index is 0.0274. The Bertz CT molecular complexity index is 1380. The number of anilines is 2. The van der Waals surface area contributed by atoms with E-state index in [1.165, 1.54) is 35.4 Å². The average molecular weight is 481 g/mol. The van der Waals surface area contributed by atoms with Crippen LogP contribution in [0.3, 0.4) is 0 Å². The Balaban J connectivity index is 1.52. The highest BCUT2D eigenvalue weighted by Gasteiger charge is 2.31. The molecule has 1 aliphatic rings. The first kappa shape index (κ1) is 22.8. The number of carbonyl (C=O) groups is 1. The average Bonchev–Trinajstić information content (AvgIpc) is 3.38. The van der Waals surface area contributed by atoms with Crippen LogP contribution in [0.5, 0.6) is 5.75 Å². The van der Waals surface area contributed by atoms with Crippen LogP contribution >= 0.6 is 0 Å². The predicted molar refractivity (Wildman–Crippen MR) is 125 cm³/mol.